The number of halogens is 1. The maximum Gasteiger partial charge on any atom is 0.323 e. The smallest absolute Gasteiger partial charge is 0.323 e. The summed E-state index contributed by atoms with van der Waals surface area (Å²) >= 11 is 0. The molecule has 130 valence electrons. The van der Waals surface area contributed by atoms with Gasteiger partial charge in [0.15, 0.2) is 0 Å². The fraction of sp³-hybridized carbons (Fsp3) is 0.0500. The van der Waals surface area contributed by atoms with Crippen LogP contribution in [0, 0.1) is 15.9 Å². The van der Waals surface area contributed by atoms with Crippen LogP contribution in [0.15, 0.2) is 78.9 Å². The molecule has 0 radical (unpaired) electrons. The molecular weight excluding hydrogens is 337 g/mol. The number of hydrogen-bond acceptors (Lipinski definition) is 4. The Hall–Kier alpha value is -3.54. The van der Waals surface area contributed by atoms with E-state index in [1.54, 1.807) is 48.5 Å². The van der Waals surface area contributed by atoms with Crippen molar-refractivity contribution in [3.05, 3.63) is 106 Å². The van der Waals surface area contributed by atoms with Crippen LogP contribution in [0.1, 0.15) is 17.0 Å². The zero-order chi connectivity index (χ0) is 18.5. The van der Waals surface area contributed by atoms with Gasteiger partial charge in [0.05, 0.1) is 4.92 Å². The fourth-order valence-corrected chi connectivity index (χ4v) is 2.64. The van der Waals surface area contributed by atoms with Crippen molar-refractivity contribution in [2.45, 2.75) is 5.92 Å². The van der Waals surface area contributed by atoms with Crippen LogP contribution in [0.3, 0.4) is 0 Å². The first-order valence-corrected chi connectivity index (χ1v) is 7.82. The first kappa shape index (κ1) is 17.3. The third kappa shape index (κ3) is 3.75. The number of esters is 1. The second-order valence-corrected chi connectivity index (χ2v) is 5.54. The lowest BCUT2D eigenvalue weighted by atomic mass is 9.91. The number of ether oxygens (including phenoxy) is 1. The van der Waals surface area contributed by atoms with Crippen molar-refractivity contribution in [3.8, 4) is 5.75 Å². The normalized spacial score (nSPS) is 10.5. The minimum Gasteiger partial charge on any atom is -0.418 e. The van der Waals surface area contributed by atoms with Gasteiger partial charge >= 0.3 is 11.7 Å². The summed E-state index contributed by atoms with van der Waals surface area (Å²) in [6, 6.07) is 20.6. The van der Waals surface area contributed by atoms with Crippen molar-refractivity contribution < 1.29 is 18.8 Å². The van der Waals surface area contributed by atoms with Gasteiger partial charge in [-0.3, -0.25) is 14.9 Å². The number of benzene rings is 3. The highest BCUT2D eigenvalue weighted by Crippen LogP contribution is 2.31. The van der Waals surface area contributed by atoms with E-state index in [9.17, 15) is 19.3 Å². The first-order valence-electron chi connectivity index (χ1n) is 7.82. The number of carbonyl (C=O) groups is 1. The van der Waals surface area contributed by atoms with Crippen LogP contribution >= 0.6 is 0 Å². The number of hydrogen-bond donors (Lipinski definition) is 0. The van der Waals surface area contributed by atoms with Crippen LogP contribution in [0.25, 0.3) is 0 Å². The van der Waals surface area contributed by atoms with E-state index in [1.165, 1.54) is 0 Å². The van der Waals surface area contributed by atoms with E-state index in [0.29, 0.717) is 11.1 Å². The Labute approximate surface area is 148 Å². The molecule has 0 fully saturated rings. The van der Waals surface area contributed by atoms with Crippen molar-refractivity contribution in [2.75, 3.05) is 0 Å². The van der Waals surface area contributed by atoms with Crippen molar-refractivity contribution in [3.63, 3.8) is 0 Å². The van der Waals surface area contributed by atoms with Gasteiger partial charge in [-0.25, -0.2) is 4.39 Å². The molecule has 0 N–H and O–H groups in total. The summed E-state index contributed by atoms with van der Waals surface area (Å²) < 4.78 is 18.7. The quantitative estimate of drug-likeness (QED) is 0.294. The highest BCUT2D eigenvalue weighted by molar-refractivity contribution is 5.84. The molecular formula is C20H14FNO4. The lowest BCUT2D eigenvalue weighted by Gasteiger charge is -2.17. The van der Waals surface area contributed by atoms with Crippen LogP contribution < -0.4 is 4.74 Å². The van der Waals surface area contributed by atoms with Gasteiger partial charge in [-0.15, -0.1) is 0 Å². The molecule has 0 amide bonds. The summed E-state index contributed by atoms with van der Waals surface area (Å²) in [6.07, 6.45) is 0. The highest BCUT2D eigenvalue weighted by atomic mass is 19.1. The Bertz CT molecular complexity index is 890. The molecule has 3 aromatic carbocycles. The maximum atomic E-state index is 13.5. The Morgan fingerprint density at radius 1 is 0.923 bits per heavy atom. The van der Waals surface area contributed by atoms with Crippen molar-refractivity contribution in [1.82, 2.24) is 0 Å². The van der Waals surface area contributed by atoms with Gasteiger partial charge in [0.2, 0.25) is 5.75 Å². The molecule has 0 bridgehead atoms. The topological polar surface area (TPSA) is 69.4 Å². The molecule has 0 aliphatic rings. The number of nitro benzene ring substituents is 1. The lowest BCUT2D eigenvalue weighted by molar-refractivity contribution is -0.385. The molecule has 0 spiro atoms. The zero-order valence-electron chi connectivity index (χ0n) is 13.5. The molecule has 0 unspecified atom stereocenters. The fourth-order valence-electron chi connectivity index (χ4n) is 2.64. The minimum atomic E-state index is -0.791. The van der Waals surface area contributed by atoms with Gasteiger partial charge in [0.1, 0.15) is 11.7 Å². The summed E-state index contributed by atoms with van der Waals surface area (Å²) in [5.41, 5.74) is 0.866. The Morgan fingerprint density at radius 3 is 1.96 bits per heavy atom. The average molecular weight is 351 g/mol. The molecule has 26 heavy (non-hydrogen) atoms. The summed E-state index contributed by atoms with van der Waals surface area (Å²) in [4.78, 5) is 23.2. The number of nitro groups is 1. The van der Waals surface area contributed by atoms with Crippen LogP contribution in [0.5, 0.6) is 5.75 Å². The molecule has 0 saturated carbocycles. The van der Waals surface area contributed by atoms with E-state index in [-0.39, 0.29) is 0 Å². The van der Waals surface area contributed by atoms with Crippen LogP contribution in [-0.4, -0.2) is 10.9 Å². The van der Waals surface area contributed by atoms with E-state index in [2.05, 4.69) is 0 Å². The number of nitrogens with zero attached hydrogens (tertiary/aromatic N) is 1. The average Bonchev–Trinajstić information content (AvgIpc) is 2.63. The van der Waals surface area contributed by atoms with Gasteiger partial charge in [-0.05, 0) is 17.2 Å². The minimum absolute atomic E-state index is 0.420. The van der Waals surface area contributed by atoms with Crippen molar-refractivity contribution in [1.29, 1.82) is 0 Å². The zero-order valence-corrected chi connectivity index (χ0v) is 13.5. The Morgan fingerprint density at radius 2 is 1.46 bits per heavy atom. The van der Waals surface area contributed by atoms with Crippen LogP contribution in [0.2, 0.25) is 0 Å². The van der Waals surface area contributed by atoms with E-state index in [4.69, 9.17) is 4.74 Å². The third-order valence-corrected chi connectivity index (χ3v) is 3.83. The second kappa shape index (κ2) is 7.57. The summed E-state index contributed by atoms with van der Waals surface area (Å²) in [5.74, 6) is -2.66. The molecule has 0 aliphatic heterocycles. The summed E-state index contributed by atoms with van der Waals surface area (Å²) in [5, 5.41) is 11.1. The third-order valence-electron chi connectivity index (χ3n) is 3.83. The van der Waals surface area contributed by atoms with Gasteiger partial charge < -0.3 is 4.74 Å². The first-order chi connectivity index (χ1) is 12.6. The molecule has 0 atom stereocenters. The van der Waals surface area contributed by atoms with Gasteiger partial charge in [-0.2, -0.15) is 0 Å². The predicted octanol–water partition coefficient (Wildman–Crippen LogP) is 4.47. The second-order valence-electron chi connectivity index (χ2n) is 5.54. The van der Waals surface area contributed by atoms with E-state index < -0.39 is 34.1 Å². The molecule has 5 nitrogen and oxygen atoms in total. The monoisotopic (exact) mass is 351 g/mol. The van der Waals surface area contributed by atoms with Crippen molar-refractivity contribution >= 4 is 11.7 Å². The number of carbonyl (C=O) groups excluding carboxylic acids is 1. The highest BCUT2D eigenvalue weighted by Gasteiger charge is 2.27. The molecule has 3 aromatic rings. The van der Waals surface area contributed by atoms with Gasteiger partial charge in [0.25, 0.3) is 0 Å². The van der Waals surface area contributed by atoms with E-state index in [1.807, 2.05) is 12.1 Å². The molecule has 0 aliphatic carbocycles. The molecule has 3 rings (SSSR count). The Balaban J connectivity index is 2.00. The predicted molar refractivity (Wildman–Crippen MR) is 93.4 cm³/mol. The van der Waals surface area contributed by atoms with E-state index >= 15 is 0 Å². The molecule has 0 heterocycles. The van der Waals surface area contributed by atoms with Crippen molar-refractivity contribution in [2.24, 2.45) is 0 Å². The molecule has 0 saturated heterocycles. The lowest BCUT2D eigenvalue weighted by Crippen LogP contribution is -2.20. The van der Waals surface area contributed by atoms with Gasteiger partial charge in [-0.1, -0.05) is 60.7 Å². The molecule has 6 heteroatoms. The SMILES string of the molecule is O=C(Oc1cc(F)ccc1[N+](=O)[O-])C(c1ccccc1)c1ccccc1. The largest absolute Gasteiger partial charge is 0.418 e. The van der Waals surface area contributed by atoms with Crippen LogP contribution in [0.4, 0.5) is 10.1 Å². The maximum absolute atomic E-state index is 13.5. The van der Waals surface area contributed by atoms with Crippen LogP contribution in [-0.2, 0) is 4.79 Å². The van der Waals surface area contributed by atoms with E-state index in [0.717, 1.165) is 18.2 Å². The molecule has 0 aromatic heterocycles. The summed E-state index contributed by atoms with van der Waals surface area (Å²) in [7, 11) is 0. The van der Waals surface area contributed by atoms with Gasteiger partial charge in [0, 0.05) is 12.1 Å². The standard InChI is InChI=1S/C20H14FNO4/c21-16-11-12-17(22(24)25)18(13-16)26-20(23)19(14-7-3-1-4-8-14)15-9-5-2-6-10-15/h1-13,19H. The number of rotatable bonds is 5. The summed E-state index contributed by atoms with van der Waals surface area (Å²) in [6.45, 7) is 0. The Kier molecular flexibility index (Phi) is 5.03.